The van der Waals surface area contributed by atoms with Crippen molar-refractivity contribution in [2.75, 3.05) is 18.5 Å². The van der Waals surface area contributed by atoms with Crippen molar-refractivity contribution < 1.29 is 14.3 Å². The SMILES string of the molecule is CNC(=O)[C@H]1CN(C(=O)CCc2c(C)nc3ncnn3c2C)c2ccccc2O1. The Hall–Kier alpha value is -3.49. The summed E-state index contributed by atoms with van der Waals surface area (Å²) in [5.41, 5.74) is 3.40. The molecule has 4 rings (SSSR count). The maximum absolute atomic E-state index is 13.1. The molecule has 0 saturated carbocycles. The number of fused-ring (bicyclic) bond motifs is 2. The first-order valence-corrected chi connectivity index (χ1v) is 9.43. The number of ether oxygens (including phenoxy) is 1. The van der Waals surface area contributed by atoms with Crippen LogP contribution in [0.4, 0.5) is 5.69 Å². The topological polar surface area (TPSA) is 102 Å². The van der Waals surface area contributed by atoms with Crippen molar-refractivity contribution in [3.8, 4) is 5.75 Å². The lowest BCUT2D eigenvalue weighted by molar-refractivity contribution is -0.127. The number of nitrogens with zero attached hydrogens (tertiary/aromatic N) is 5. The molecule has 9 nitrogen and oxygen atoms in total. The maximum atomic E-state index is 13.1. The van der Waals surface area contributed by atoms with Crippen LogP contribution < -0.4 is 15.0 Å². The highest BCUT2D eigenvalue weighted by Crippen LogP contribution is 2.33. The van der Waals surface area contributed by atoms with Gasteiger partial charge in [0.25, 0.3) is 11.7 Å². The molecule has 3 aromatic rings. The molecule has 1 aliphatic rings. The van der Waals surface area contributed by atoms with Crippen LogP contribution in [0.1, 0.15) is 23.4 Å². The Bertz CT molecular complexity index is 1090. The van der Waals surface area contributed by atoms with Gasteiger partial charge in [-0.3, -0.25) is 9.59 Å². The number of hydrogen-bond donors (Lipinski definition) is 1. The molecule has 0 spiro atoms. The Morgan fingerprint density at radius 2 is 2.07 bits per heavy atom. The van der Waals surface area contributed by atoms with Crippen LogP contribution >= 0.6 is 0 Å². The zero-order valence-electron chi connectivity index (χ0n) is 16.5. The zero-order valence-corrected chi connectivity index (χ0v) is 16.5. The fourth-order valence-corrected chi connectivity index (χ4v) is 3.65. The summed E-state index contributed by atoms with van der Waals surface area (Å²) in [6.07, 6.45) is 1.52. The van der Waals surface area contributed by atoms with Crippen molar-refractivity contribution in [1.82, 2.24) is 24.9 Å². The minimum absolute atomic E-state index is 0.0767. The number of likely N-dealkylation sites (N-methyl/N-ethyl adjacent to an activating group) is 1. The average molecular weight is 394 g/mol. The van der Waals surface area contributed by atoms with Gasteiger partial charge in [0.2, 0.25) is 5.91 Å². The molecular weight excluding hydrogens is 372 g/mol. The molecule has 3 heterocycles. The van der Waals surface area contributed by atoms with E-state index in [9.17, 15) is 9.59 Å². The Labute approximate surface area is 167 Å². The Morgan fingerprint density at radius 3 is 2.86 bits per heavy atom. The average Bonchev–Trinajstić information content (AvgIpc) is 3.20. The van der Waals surface area contributed by atoms with Gasteiger partial charge in [-0.25, -0.2) is 9.50 Å². The van der Waals surface area contributed by atoms with E-state index in [-0.39, 0.29) is 24.8 Å². The third-order valence-electron chi connectivity index (χ3n) is 5.19. The van der Waals surface area contributed by atoms with Crippen LogP contribution in [0.15, 0.2) is 30.6 Å². The minimum atomic E-state index is -0.740. The van der Waals surface area contributed by atoms with E-state index in [0.29, 0.717) is 23.6 Å². The molecule has 0 saturated heterocycles. The lowest BCUT2D eigenvalue weighted by Gasteiger charge is -2.34. The first-order chi connectivity index (χ1) is 14.0. The molecule has 150 valence electrons. The van der Waals surface area contributed by atoms with Gasteiger partial charge in [0, 0.05) is 24.9 Å². The van der Waals surface area contributed by atoms with Gasteiger partial charge in [0.15, 0.2) is 6.10 Å². The summed E-state index contributed by atoms with van der Waals surface area (Å²) in [4.78, 5) is 35.4. The quantitative estimate of drug-likeness (QED) is 0.714. The smallest absolute Gasteiger partial charge is 0.262 e. The normalized spacial score (nSPS) is 15.7. The van der Waals surface area contributed by atoms with Crippen LogP contribution in [0.2, 0.25) is 0 Å². The van der Waals surface area contributed by atoms with Gasteiger partial charge in [0.1, 0.15) is 12.1 Å². The van der Waals surface area contributed by atoms with Crippen molar-refractivity contribution in [2.24, 2.45) is 0 Å². The standard InChI is InChI=1S/C20H22N6O3/c1-12-14(13(2)26-20(24-12)22-11-23-26)8-9-18(27)25-10-17(19(28)21-3)29-16-7-5-4-6-15(16)25/h4-7,11,17H,8-10H2,1-3H3,(H,21,28)/t17-/m1/s1. The Morgan fingerprint density at radius 1 is 1.28 bits per heavy atom. The number of benzene rings is 1. The van der Waals surface area contributed by atoms with Crippen molar-refractivity contribution in [1.29, 1.82) is 0 Å². The number of anilines is 1. The summed E-state index contributed by atoms with van der Waals surface area (Å²) < 4.78 is 7.45. The highest BCUT2D eigenvalue weighted by atomic mass is 16.5. The lowest BCUT2D eigenvalue weighted by atomic mass is 10.1. The zero-order chi connectivity index (χ0) is 20.5. The summed E-state index contributed by atoms with van der Waals surface area (Å²) in [5, 5.41) is 6.78. The Kier molecular flexibility index (Phi) is 4.87. The number of amides is 2. The van der Waals surface area contributed by atoms with E-state index in [1.54, 1.807) is 22.5 Å². The third-order valence-corrected chi connectivity index (χ3v) is 5.19. The molecule has 29 heavy (non-hydrogen) atoms. The van der Waals surface area contributed by atoms with Gasteiger partial charge in [0.05, 0.1) is 12.2 Å². The second-order valence-electron chi connectivity index (χ2n) is 6.93. The second kappa shape index (κ2) is 7.50. The monoisotopic (exact) mass is 394 g/mol. The van der Waals surface area contributed by atoms with Crippen LogP contribution in [-0.4, -0.2) is 51.1 Å². The van der Waals surface area contributed by atoms with Crippen LogP contribution in [0.25, 0.3) is 5.78 Å². The van der Waals surface area contributed by atoms with Crippen molar-refractivity contribution >= 4 is 23.3 Å². The fraction of sp³-hybridized carbons (Fsp3) is 0.350. The third kappa shape index (κ3) is 3.39. The predicted octanol–water partition coefficient (Wildman–Crippen LogP) is 1.21. The van der Waals surface area contributed by atoms with Crippen molar-refractivity contribution in [2.45, 2.75) is 32.8 Å². The first-order valence-electron chi connectivity index (χ1n) is 9.43. The van der Waals surface area contributed by atoms with E-state index < -0.39 is 6.10 Å². The van der Waals surface area contributed by atoms with Gasteiger partial charge in [-0.15, -0.1) is 0 Å². The van der Waals surface area contributed by atoms with Crippen molar-refractivity contribution in [3.05, 3.63) is 47.5 Å². The second-order valence-corrected chi connectivity index (χ2v) is 6.93. The number of aryl methyl sites for hydroxylation is 2. The summed E-state index contributed by atoms with van der Waals surface area (Å²) in [6, 6.07) is 7.26. The first kappa shape index (κ1) is 18.9. The van der Waals surface area contributed by atoms with E-state index >= 15 is 0 Å². The van der Waals surface area contributed by atoms with Gasteiger partial charge in [-0.1, -0.05) is 12.1 Å². The van der Waals surface area contributed by atoms with Crippen LogP contribution in [0.3, 0.4) is 0 Å². The fourth-order valence-electron chi connectivity index (χ4n) is 3.65. The van der Waals surface area contributed by atoms with Crippen LogP contribution in [-0.2, 0) is 16.0 Å². The molecule has 2 aromatic heterocycles. The van der Waals surface area contributed by atoms with Gasteiger partial charge >= 0.3 is 0 Å². The number of rotatable bonds is 4. The molecule has 0 radical (unpaired) electrons. The minimum Gasteiger partial charge on any atom is -0.477 e. The summed E-state index contributed by atoms with van der Waals surface area (Å²) >= 11 is 0. The molecule has 1 aromatic carbocycles. The van der Waals surface area contributed by atoms with Gasteiger partial charge < -0.3 is 15.0 Å². The molecule has 1 aliphatic heterocycles. The lowest BCUT2D eigenvalue weighted by Crippen LogP contribution is -2.50. The predicted molar refractivity (Wildman–Crippen MR) is 106 cm³/mol. The van der Waals surface area contributed by atoms with Gasteiger partial charge in [-0.05, 0) is 38.0 Å². The number of nitrogens with one attached hydrogen (secondary N) is 1. The maximum Gasteiger partial charge on any atom is 0.262 e. The summed E-state index contributed by atoms with van der Waals surface area (Å²) in [6.45, 7) is 4.03. The number of para-hydroxylation sites is 2. The molecule has 2 amide bonds. The molecule has 0 unspecified atom stereocenters. The van der Waals surface area contributed by atoms with Crippen LogP contribution in [0.5, 0.6) is 5.75 Å². The molecular formula is C20H22N6O3. The van der Waals surface area contributed by atoms with E-state index in [0.717, 1.165) is 17.0 Å². The van der Waals surface area contributed by atoms with E-state index in [4.69, 9.17) is 4.74 Å². The van der Waals surface area contributed by atoms with E-state index in [1.807, 2.05) is 32.0 Å². The largest absolute Gasteiger partial charge is 0.477 e. The number of aromatic nitrogens is 4. The highest BCUT2D eigenvalue weighted by Gasteiger charge is 2.33. The van der Waals surface area contributed by atoms with Gasteiger partial charge in [-0.2, -0.15) is 10.1 Å². The molecule has 1 N–H and O–H groups in total. The summed E-state index contributed by atoms with van der Waals surface area (Å²) in [5.74, 6) is 0.737. The van der Waals surface area contributed by atoms with Crippen molar-refractivity contribution in [3.63, 3.8) is 0 Å². The molecule has 0 bridgehead atoms. The van der Waals surface area contributed by atoms with E-state index in [2.05, 4.69) is 20.4 Å². The highest BCUT2D eigenvalue weighted by molar-refractivity contribution is 5.97. The van der Waals surface area contributed by atoms with E-state index in [1.165, 1.54) is 6.33 Å². The molecule has 0 aliphatic carbocycles. The Balaban J connectivity index is 1.57. The number of hydrogen-bond acceptors (Lipinski definition) is 6. The summed E-state index contributed by atoms with van der Waals surface area (Å²) in [7, 11) is 1.55. The molecule has 0 fully saturated rings. The molecule has 9 heteroatoms. The van der Waals surface area contributed by atoms with Crippen LogP contribution in [0, 0.1) is 13.8 Å². The number of carbonyl (C=O) groups is 2. The number of carbonyl (C=O) groups excluding carboxylic acids is 2. The molecule has 1 atom stereocenters.